The predicted octanol–water partition coefficient (Wildman–Crippen LogP) is 0.387. The normalized spacial score (nSPS) is 12.8. The van der Waals surface area contributed by atoms with E-state index in [0.29, 0.717) is 13.0 Å². The lowest BCUT2D eigenvalue weighted by Gasteiger charge is -2.16. The van der Waals surface area contributed by atoms with E-state index < -0.39 is 10.0 Å². The summed E-state index contributed by atoms with van der Waals surface area (Å²) in [5.74, 6) is 0.0645. The highest BCUT2D eigenvalue weighted by Crippen LogP contribution is 2.17. The lowest BCUT2D eigenvalue weighted by atomic mass is 10.0. The van der Waals surface area contributed by atoms with Crippen LogP contribution in [0.2, 0.25) is 0 Å². The average molecular weight is 322 g/mol. The number of hydrogen-bond donors (Lipinski definition) is 3. The SMILES string of the molecule is NS(=O)(=O)c1cccnc1NCC(CO)Cc1ccccn1. The molecular weight excluding hydrogens is 304 g/mol. The maximum absolute atomic E-state index is 11.5. The second-order valence-corrected chi connectivity index (χ2v) is 6.38. The summed E-state index contributed by atoms with van der Waals surface area (Å²) in [6.07, 6.45) is 3.74. The number of rotatable bonds is 7. The summed E-state index contributed by atoms with van der Waals surface area (Å²) in [7, 11) is -3.85. The minimum absolute atomic E-state index is 0.0544. The number of hydrogen-bond acceptors (Lipinski definition) is 6. The number of anilines is 1. The van der Waals surface area contributed by atoms with Crippen LogP contribution in [0.3, 0.4) is 0 Å². The van der Waals surface area contributed by atoms with Crippen molar-refractivity contribution in [2.75, 3.05) is 18.5 Å². The van der Waals surface area contributed by atoms with E-state index in [9.17, 15) is 13.5 Å². The van der Waals surface area contributed by atoms with Gasteiger partial charge in [-0.05, 0) is 30.7 Å². The third kappa shape index (κ3) is 4.48. The Morgan fingerprint density at radius 2 is 1.95 bits per heavy atom. The molecule has 22 heavy (non-hydrogen) atoms. The van der Waals surface area contributed by atoms with Gasteiger partial charge in [0.15, 0.2) is 0 Å². The molecule has 2 rings (SSSR count). The summed E-state index contributed by atoms with van der Waals surface area (Å²) < 4.78 is 23.0. The molecule has 0 bridgehead atoms. The van der Waals surface area contributed by atoms with Gasteiger partial charge in [0.2, 0.25) is 10.0 Å². The van der Waals surface area contributed by atoms with Gasteiger partial charge in [-0.3, -0.25) is 4.98 Å². The van der Waals surface area contributed by atoms with E-state index >= 15 is 0 Å². The third-order valence-corrected chi connectivity index (χ3v) is 4.06. The number of nitrogens with zero attached hydrogens (tertiary/aromatic N) is 2. The third-order valence-electron chi connectivity index (χ3n) is 3.12. The summed E-state index contributed by atoms with van der Waals surface area (Å²) in [5, 5.41) is 17.5. The smallest absolute Gasteiger partial charge is 0.241 e. The number of aromatic nitrogens is 2. The van der Waals surface area contributed by atoms with Crippen molar-refractivity contribution in [3.63, 3.8) is 0 Å². The Bertz CT molecular complexity index is 707. The minimum Gasteiger partial charge on any atom is -0.396 e. The second kappa shape index (κ2) is 7.30. The van der Waals surface area contributed by atoms with Gasteiger partial charge in [-0.15, -0.1) is 0 Å². The van der Waals surface area contributed by atoms with Crippen LogP contribution < -0.4 is 10.5 Å². The van der Waals surface area contributed by atoms with Gasteiger partial charge >= 0.3 is 0 Å². The highest BCUT2D eigenvalue weighted by atomic mass is 32.2. The highest BCUT2D eigenvalue weighted by molar-refractivity contribution is 7.89. The predicted molar refractivity (Wildman–Crippen MR) is 82.6 cm³/mol. The van der Waals surface area contributed by atoms with Crippen LogP contribution in [0.15, 0.2) is 47.6 Å². The first kappa shape index (κ1) is 16.3. The van der Waals surface area contributed by atoms with E-state index in [0.717, 1.165) is 5.69 Å². The fourth-order valence-electron chi connectivity index (χ4n) is 2.01. The Labute approximate surface area is 129 Å². The second-order valence-electron chi connectivity index (χ2n) is 4.85. The molecule has 0 radical (unpaired) electrons. The minimum atomic E-state index is -3.85. The van der Waals surface area contributed by atoms with E-state index in [4.69, 9.17) is 5.14 Å². The lowest BCUT2D eigenvalue weighted by molar-refractivity contribution is 0.231. The van der Waals surface area contributed by atoms with Crippen LogP contribution in [0.25, 0.3) is 0 Å². The first-order chi connectivity index (χ1) is 10.5. The number of nitrogens with one attached hydrogen (secondary N) is 1. The molecule has 0 aromatic carbocycles. The van der Waals surface area contributed by atoms with Crippen molar-refractivity contribution in [2.45, 2.75) is 11.3 Å². The fraction of sp³-hybridized carbons (Fsp3) is 0.286. The van der Waals surface area contributed by atoms with Crippen molar-refractivity contribution in [1.29, 1.82) is 0 Å². The first-order valence-electron chi connectivity index (χ1n) is 6.73. The number of sulfonamides is 1. The topological polar surface area (TPSA) is 118 Å². The molecule has 0 aliphatic heterocycles. The molecule has 2 heterocycles. The molecule has 0 aliphatic carbocycles. The Hall–Kier alpha value is -2.03. The van der Waals surface area contributed by atoms with Crippen LogP contribution in [0.5, 0.6) is 0 Å². The van der Waals surface area contributed by atoms with Crippen molar-refractivity contribution in [2.24, 2.45) is 11.1 Å². The van der Waals surface area contributed by atoms with E-state index in [2.05, 4.69) is 15.3 Å². The van der Waals surface area contributed by atoms with Gasteiger partial charge in [-0.2, -0.15) is 0 Å². The zero-order valence-corrected chi connectivity index (χ0v) is 12.7. The molecule has 0 amide bonds. The standard InChI is InChI=1S/C14H18N4O3S/c15-22(20,21)13-5-3-7-17-14(13)18-9-11(10-19)8-12-4-1-2-6-16-12/h1-7,11,19H,8-10H2,(H,17,18)(H2,15,20,21). The first-order valence-corrected chi connectivity index (χ1v) is 8.28. The molecule has 0 fully saturated rings. The quantitative estimate of drug-likeness (QED) is 0.678. The molecule has 2 aromatic heterocycles. The van der Waals surface area contributed by atoms with Crippen molar-refractivity contribution in [3.8, 4) is 0 Å². The molecule has 0 aliphatic rings. The summed E-state index contributed by atoms with van der Waals surface area (Å²) >= 11 is 0. The van der Waals surface area contributed by atoms with Crippen molar-refractivity contribution < 1.29 is 13.5 Å². The average Bonchev–Trinajstić information content (AvgIpc) is 2.52. The summed E-state index contributed by atoms with van der Waals surface area (Å²) in [5.41, 5.74) is 0.857. The largest absolute Gasteiger partial charge is 0.396 e. The van der Waals surface area contributed by atoms with E-state index in [1.54, 1.807) is 6.20 Å². The van der Waals surface area contributed by atoms with Gasteiger partial charge < -0.3 is 10.4 Å². The molecule has 0 saturated heterocycles. The van der Waals surface area contributed by atoms with Crippen LogP contribution >= 0.6 is 0 Å². The Morgan fingerprint density at radius 3 is 2.59 bits per heavy atom. The van der Waals surface area contributed by atoms with Crippen LogP contribution in [-0.2, 0) is 16.4 Å². The van der Waals surface area contributed by atoms with Gasteiger partial charge in [0.1, 0.15) is 10.7 Å². The van der Waals surface area contributed by atoms with Gasteiger partial charge in [-0.25, -0.2) is 18.5 Å². The number of nitrogens with two attached hydrogens (primary N) is 1. The molecular formula is C14H18N4O3S. The Kier molecular flexibility index (Phi) is 5.42. The Morgan fingerprint density at radius 1 is 1.18 bits per heavy atom. The number of pyridine rings is 2. The molecule has 0 saturated carbocycles. The fourth-order valence-corrected chi connectivity index (χ4v) is 2.67. The summed E-state index contributed by atoms with van der Waals surface area (Å²) in [6, 6.07) is 8.46. The molecule has 8 heteroatoms. The van der Waals surface area contributed by atoms with Crippen molar-refractivity contribution in [3.05, 3.63) is 48.4 Å². The summed E-state index contributed by atoms with van der Waals surface area (Å²) in [4.78, 5) is 8.13. The molecule has 7 nitrogen and oxygen atoms in total. The molecule has 118 valence electrons. The van der Waals surface area contributed by atoms with Crippen LogP contribution in [-0.4, -0.2) is 36.6 Å². The Balaban J connectivity index is 2.05. The number of aliphatic hydroxyl groups excluding tert-OH is 1. The van der Waals surface area contributed by atoms with Gasteiger partial charge in [0, 0.05) is 37.2 Å². The van der Waals surface area contributed by atoms with E-state index in [1.807, 2.05) is 18.2 Å². The molecule has 1 unspecified atom stereocenters. The number of primary sulfonamides is 1. The van der Waals surface area contributed by atoms with E-state index in [1.165, 1.54) is 18.3 Å². The van der Waals surface area contributed by atoms with Crippen LogP contribution in [0, 0.1) is 5.92 Å². The zero-order chi connectivity index (χ0) is 16.0. The van der Waals surface area contributed by atoms with Crippen LogP contribution in [0.4, 0.5) is 5.82 Å². The molecule has 1 atom stereocenters. The molecule has 4 N–H and O–H groups in total. The van der Waals surface area contributed by atoms with Gasteiger partial charge in [0.05, 0.1) is 0 Å². The van der Waals surface area contributed by atoms with Crippen molar-refractivity contribution in [1.82, 2.24) is 9.97 Å². The maximum atomic E-state index is 11.5. The monoisotopic (exact) mass is 322 g/mol. The van der Waals surface area contributed by atoms with Crippen LogP contribution in [0.1, 0.15) is 5.69 Å². The van der Waals surface area contributed by atoms with Gasteiger partial charge in [0.25, 0.3) is 0 Å². The highest BCUT2D eigenvalue weighted by Gasteiger charge is 2.16. The molecule has 0 spiro atoms. The van der Waals surface area contributed by atoms with Gasteiger partial charge in [-0.1, -0.05) is 6.07 Å². The van der Waals surface area contributed by atoms with E-state index in [-0.39, 0.29) is 23.2 Å². The summed E-state index contributed by atoms with van der Waals surface area (Å²) in [6.45, 7) is 0.299. The lowest BCUT2D eigenvalue weighted by Crippen LogP contribution is -2.23. The zero-order valence-electron chi connectivity index (χ0n) is 11.9. The number of aliphatic hydroxyl groups is 1. The maximum Gasteiger partial charge on any atom is 0.241 e. The van der Waals surface area contributed by atoms with Crippen molar-refractivity contribution >= 4 is 15.8 Å². The molecule has 2 aromatic rings.